The van der Waals surface area contributed by atoms with Gasteiger partial charge in [-0.05, 0) is 48.7 Å². The van der Waals surface area contributed by atoms with E-state index in [0.29, 0.717) is 24.2 Å². The topological polar surface area (TPSA) is 67.4 Å². The number of carbonyl (C=O) groups is 2. The zero-order valence-electron chi connectivity index (χ0n) is 14.7. The Morgan fingerprint density at radius 2 is 1.52 bits per heavy atom. The lowest BCUT2D eigenvalue weighted by atomic mass is 10.1. The Labute approximate surface area is 148 Å². The fourth-order valence-corrected chi connectivity index (χ4v) is 2.36. The molecule has 0 saturated heterocycles. The van der Waals surface area contributed by atoms with E-state index in [9.17, 15) is 9.59 Å². The van der Waals surface area contributed by atoms with E-state index in [0.717, 1.165) is 24.2 Å². The lowest BCUT2D eigenvalue weighted by molar-refractivity contribution is 0.0953. The Balaban J connectivity index is 1.88. The summed E-state index contributed by atoms with van der Waals surface area (Å²) in [6.07, 6.45) is 1.60. The summed E-state index contributed by atoms with van der Waals surface area (Å²) in [5, 5.41) is 5.69. The maximum Gasteiger partial charge on any atom is 0.251 e. The first kappa shape index (κ1) is 18.5. The van der Waals surface area contributed by atoms with Crippen LogP contribution in [0.1, 0.15) is 39.6 Å². The summed E-state index contributed by atoms with van der Waals surface area (Å²) in [6.45, 7) is 3.14. The highest BCUT2D eigenvalue weighted by molar-refractivity contribution is 5.99. The minimum Gasteiger partial charge on any atom is -0.497 e. The molecule has 0 saturated carbocycles. The molecule has 132 valence electrons. The summed E-state index contributed by atoms with van der Waals surface area (Å²) in [7, 11) is 1.63. The molecular formula is C20H24N2O3. The van der Waals surface area contributed by atoms with Gasteiger partial charge in [0.15, 0.2) is 0 Å². The number of methoxy groups -OCH3 is 1. The summed E-state index contributed by atoms with van der Waals surface area (Å²) in [6, 6.07) is 14.5. The molecule has 0 radical (unpaired) electrons. The van der Waals surface area contributed by atoms with Gasteiger partial charge in [-0.3, -0.25) is 9.59 Å². The standard InChI is InChI=1S/C20H24N2O3/c1-3-12-21-19(23)16-5-4-6-17(14-16)20(24)22-13-11-15-7-9-18(25-2)10-8-15/h4-10,14H,3,11-13H2,1-2H3,(H,21,23)(H,22,24). The first-order valence-electron chi connectivity index (χ1n) is 8.43. The van der Waals surface area contributed by atoms with E-state index >= 15 is 0 Å². The molecule has 25 heavy (non-hydrogen) atoms. The Hall–Kier alpha value is -2.82. The Kier molecular flexibility index (Phi) is 7.01. The third kappa shape index (κ3) is 5.64. The van der Waals surface area contributed by atoms with Crippen LogP contribution in [0.2, 0.25) is 0 Å². The molecular weight excluding hydrogens is 316 g/mol. The number of benzene rings is 2. The molecule has 2 amide bonds. The number of ether oxygens (including phenoxy) is 1. The molecule has 2 aromatic rings. The molecule has 0 aromatic heterocycles. The van der Waals surface area contributed by atoms with Gasteiger partial charge >= 0.3 is 0 Å². The Bertz CT molecular complexity index is 711. The second-order valence-electron chi connectivity index (χ2n) is 5.69. The minimum atomic E-state index is -0.182. The average molecular weight is 340 g/mol. The number of rotatable bonds is 8. The van der Waals surface area contributed by atoms with Gasteiger partial charge in [-0.15, -0.1) is 0 Å². The first-order chi connectivity index (χ1) is 12.1. The van der Waals surface area contributed by atoms with E-state index in [1.807, 2.05) is 31.2 Å². The number of nitrogens with one attached hydrogen (secondary N) is 2. The fraction of sp³-hybridized carbons (Fsp3) is 0.300. The molecule has 0 aliphatic rings. The van der Waals surface area contributed by atoms with Crippen molar-refractivity contribution in [3.8, 4) is 5.75 Å². The van der Waals surface area contributed by atoms with Crippen LogP contribution in [0, 0.1) is 0 Å². The lowest BCUT2D eigenvalue weighted by Gasteiger charge is -2.08. The van der Waals surface area contributed by atoms with E-state index in [2.05, 4.69) is 10.6 Å². The highest BCUT2D eigenvalue weighted by Gasteiger charge is 2.09. The van der Waals surface area contributed by atoms with Crippen LogP contribution in [0.4, 0.5) is 0 Å². The normalized spacial score (nSPS) is 10.2. The second-order valence-corrected chi connectivity index (χ2v) is 5.69. The van der Waals surface area contributed by atoms with Gasteiger partial charge in [-0.25, -0.2) is 0 Å². The Morgan fingerprint density at radius 3 is 2.08 bits per heavy atom. The third-order valence-corrected chi connectivity index (χ3v) is 3.78. The van der Waals surface area contributed by atoms with Gasteiger partial charge in [-0.1, -0.05) is 25.1 Å². The first-order valence-corrected chi connectivity index (χ1v) is 8.43. The average Bonchev–Trinajstić information content (AvgIpc) is 2.66. The van der Waals surface area contributed by atoms with Crippen molar-refractivity contribution in [2.45, 2.75) is 19.8 Å². The van der Waals surface area contributed by atoms with Crippen LogP contribution in [0.15, 0.2) is 48.5 Å². The molecule has 0 aliphatic carbocycles. The molecule has 2 aromatic carbocycles. The van der Waals surface area contributed by atoms with E-state index in [-0.39, 0.29) is 11.8 Å². The SMILES string of the molecule is CCCNC(=O)c1cccc(C(=O)NCCc2ccc(OC)cc2)c1. The van der Waals surface area contributed by atoms with Crippen LogP contribution in [0.5, 0.6) is 5.75 Å². The summed E-state index contributed by atoms with van der Waals surface area (Å²) >= 11 is 0. The zero-order valence-corrected chi connectivity index (χ0v) is 14.7. The highest BCUT2D eigenvalue weighted by atomic mass is 16.5. The van der Waals surface area contributed by atoms with Gasteiger partial charge in [0.05, 0.1) is 7.11 Å². The predicted octanol–water partition coefficient (Wildman–Crippen LogP) is 2.81. The van der Waals surface area contributed by atoms with Crippen molar-refractivity contribution < 1.29 is 14.3 Å². The fourth-order valence-electron chi connectivity index (χ4n) is 2.36. The number of hydrogen-bond donors (Lipinski definition) is 2. The molecule has 0 unspecified atom stereocenters. The van der Waals surface area contributed by atoms with Gasteiger partial charge in [0, 0.05) is 24.2 Å². The molecule has 5 nitrogen and oxygen atoms in total. The van der Waals surface area contributed by atoms with Crippen LogP contribution in [-0.4, -0.2) is 32.0 Å². The molecule has 0 spiro atoms. The molecule has 0 atom stereocenters. The van der Waals surface area contributed by atoms with Crippen LogP contribution >= 0.6 is 0 Å². The molecule has 0 fully saturated rings. The molecule has 2 N–H and O–H groups in total. The van der Waals surface area contributed by atoms with Crippen molar-refractivity contribution in [2.24, 2.45) is 0 Å². The Morgan fingerprint density at radius 1 is 0.920 bits per heavy atom. The van der Waals surface area contributed by atoms with Crippen molar-refractivity contribution in [3.05, 3.63) is 65.2 Å². The van der Waals surface area contributed by atoms with Crippen LogP contribution in [0.3, 0.4) is 0 Å². The van der Waals surface area contributed by atoms with E-state index in [4.69, 9.17) is 4.74 Å². The number of amides is 2. The summed E-state index contributed by atoms with van der Waals surface area (Å²) < 4.78 is 5.12. The van der Waals surface area contributed by atoms with Gasteiger partial charge in [0.25, 0.3) is 11.8 Å². The van der Waals surface area contributed by atoms with Crippen molar-refractivity contribution in [3.63, 3.8) is 0 Å². The molecule has 0 aliphatic heterocycles. The van der Waals surface area contributed by atoms with Crippen molar-refractivity contribution in [1.29, 1.82) is 0 Å². The van der Waals surface area contributed by atoms with E-state index < -0.39 is 0 Å². The molecule has 2 rings (SSSR count). The number of hydrogen-bond acceptors (Lipinski definition) is 3. The van der Waals surface area contributed by atoms with Gasteiger partial charge in [0.2, 0.25) is 0 Å². The largest absolute Gasteiger partial charge is 0.497 e. The zero-order chi connectivity index (χ0) is 18.1. The van der Waals surface area contributed by atoms with Crippen molar-refractivity contribution in [2.75, 3.05) is 20.2 Å². The van der Waals surface area contributed by atoms with Gasteiger partial charge < -0.3 is 15.4 Å². The summed E-state index contributed by atoms with van der Waals surface area (Å²) in [5.41, 5.74) is 2.10. The van der Waals surface area contributed by atoms with Crippen LogP contribution in [0.25, 0.3) is 0 Å². The monoisotopic (exact) mass is 340 g/mol. The van der Waals surface area contributed by atoms with Gasteiger partial charge in [-0.2, -0.15) is 0 Å². The molecule has 0 bridgehead atoms. The lowest BCUT2D eigenvalue weighted by Crippen LogP contribution is -2.27. The second kappa shape index (κ2) is 9.47. The van der Waals surface area contributed by atoms with Crippen molar-refractivity contribution >= 4 is 11.8 Å². The quantitative estimate of drug-likeness (QED) is 0.776. The maximum atomic E-state index is 12.3. The van der Waals surface area contributed by atoms with Crippen molar-refractivity contribution in [1.82, 2.24) is 10.6 Å². The summed E-state index contributed by atoms with van der Waals surface area (Å²) in [4.78, 5) is 24.2. The van der Waals surface area contributed by atoms with Gasteiger partial charge in [0.1, 0.15) is 5.75 Å². The maximum absolute atomic E-state index is 12.3. The van der Waals surface area contributed by atoms with Crippen LogP contribution in [-0.2, 0) is 6.42 Å². The molecule has 5 heteroatoms. The summed E-state index contributed by atoms with van der Waals surface area (Å²) in [5.74, 6) is 0.472. The smallest absolute Gasteiger partial charge is 0.251 e. The van der Waals surface area contributed by atoms with E-state index in [1.54, 1.807) is 31.4 Å². The van der Waals surface area contributed by atoms with E-state index in [1.165, 1.54) is 0 Å². The highest BCUT2D eigenvalue weighted by Crippen LogP contribution is 2.11. The molecule has 0 heterocycles. The predicted molar refractivity (Wildman–Crippen MR) is 98.1 cm³/mol. The number of carbonyl (C=O) groups excluding carboxylic acids is 2. The van der Waals surface area contributed by atoms with Crippen LogP contribution < -0.4 is 15.4 Å². The minimum absolute atomic E-state index is 0.158. The third-order valence-electron chi connectivity index (χ3n) is 3.78.